The third-order valence-corrected chi connectivity index (χ3v) is 9.40. The average Bonchev–Trinajstić information content (AvgIpc) is 3.80. The van der Waals surface area contributed by atoms with E-state index < -0.39 is 0 Å². The number of fused-ring (bicyclic) bond motifs is 8. The molecule has 3 heteroatoms. The molecule has 10 rings (SSSR count). The van der Waals surface area contributed by atoms with E-state index in [9.17, 15) is 0 Å². The quantitative estimate of drug-likeness (QED) is 0.201. The van der Waals surface area contributed by atoms with Gasteiger partial charge < -0.3 is 13.4 Å². The number of rotatable bonds is 4. The topological polar surface area (TPSA) is 31.2 Å². The SMILES string of the molecule is c1ccc(-c2ccc3oc4c(-c5cccc(-c6ccc7c(c6)oc6c8ccccc8n(-c8ccccc8)c76)c5)cccc4c3c2)cc1. The van der Waals surface area contributed by atoms with Crippen molar-refractivity contribution >= 4 is 54.9 Å². The minimum Gasteiger partial charge on any atom is -0.455 e. The van der Waals surface area contributed by atoms with Crippen LogP contribution in [0.4, 0.5) is 0 Å². The van der Waals surface area contributed by atoms with Crippen LogP contribution in [0.15, 0.2) is 173 Å². The highest BCUT2D eigenvalue weighted by Gasteiger charge is 2.20. The zero-order chi connectivity index (χ0) is 30.9. The van der Waals surface area contributed by atoms with E-state index in [4.69, 9.17) is 8.83 Å². The molecule has 10 aromatic rings. The van der Waals surface area contributed by atoms with Crippen molar-refractivity contribution in [3.8, 4) is 39.1 Å². The molecule has 220 valence electrons. The zero-order valence-electron chi connectivity index (χ0n) is 25.4. The minimum absolute atomic E-state index is 0.877. The molecule has 3 heterocycles. The van der Waals surface area contributed by atoms with Crippen LogP contribution in [0, 0.1) is 0 Å². The van der Waals surface area contributed by atoms with Crippen molar-refractivity contribution in [1.29, 1.82) is 0 Å². The van der Waals surface area contributed by atoms with Gasteiger partial charge in [-0.15, -0.1) is 0 Å². The molecule has 0 aliphatic heterocycles. The van der Waals surface area contributed by atoms with Gasteiger partial charge in [0.1, 0.15) is 22.3 Å². The summed E-state index contributed by atoms with van der Waals surface area (Å²) in [5, 5.41) is 4.46. The second-order valence-corrected chi connectivity index (χ2v) is 12.1. The lowest BCUT2D eigenvalue weighted by molar-refractivity contribution is 0.670. The van der Waals surface area contributed by atoms with Crippen molar-refractivity contribution in [2.75, 3.05) is 0 Å². The van der Waals surface area contributed by atoms with Gasteiger partial charge in [0.15, 0.2) is 5.58 Å². The highest BCUT2D eigenvalue weighted by molar-refractivity contribution is 6.17. The first-order valence-electron chi connectivity index (χ1n) is 15.9. The number of aromatic nitrogens is 1. The molecule has 0 fully saturated rings. The van der Waals surface area contributed by atoms with Gasteiger partial charge in [0.25, 0.3) is 0 Å². The van der Waals surface area contributed by atoms with E-state index in [2.05, 4.69) is 162 Å². The first kappa shape index (κ1) is 26.0. The van der Waals surface area contributed by atoms with E-state index in [-0.39, 0.29) is 0 Å². The molecular formula is C44H27NO2. The molecule has 0 atom stereocenters. The predicted octanol–water partition coefficient (Wildman–Crippen LogP) is 12.4. The van der Waals surface area contributed by atoms with Crippen LogP contribution in [-0.2, 0) is 0 Å². The Bertz CT molecular complexity index is 2780. The molecule has 0 radical (unpaired) electrons. The van der Waals surface area contributed by atoms with Gasteiger partial charge in [-0.05, 0) is 82.4 Å². The summed E-state index contributed by atoms with van der Waals surface area (Å²) in [5.74, 6) is 0. The van der Waals surface area contributed by atoms with Gasteiger partial charge in [0.05, 0.1) is 5.52 Å². The Balaban J connectivity index is 1.10. The van der Waals surface area contributed by atoms with E-state index in [0.29, 0.717) is 0 Å². The summed E-state index contributed by atoms with van der Waals surface area (Å²) in [6.07, 6.45) is 0. The van der Waals surface area contributed by atoms with Gasteiger partial charge in [0.2, 0.25) is 0 Å². The van der Waals surface area contributed by atoms with Gasteiger partial charge in [-0.1, -0.05) is 109 Å². The highest BCUT2D eigenvalue weighted by Crippen LogP contribution is 2.41. The zero-order valence-corrected chi connectivity index (χ0v) is 25.4. The molecule has 0 bridgehead atoms. The summed E-state index contributed by atoms with van der Waals surface area (Å²) in [4.78, 5) is 0. The number of benzene rings is 7. The van der Waals surface area contributed by atoms with Crippen molar-refractivity contribution in [3.63, 3.8) is 0 Å². The van der Waals surface area contributed by atoms with E-state index in [1.165, 1.54) is 11.1 Å². The molecule has 0 aliphatic rings. The first-order chi connectivity index (χ1) is 23.3. The fourth-order valence-corrected chi connectivity index (χ4v) is 7.20. The number of nitrogens with zero attached hydrogens (tertiary/aromatic N) is 1. The largest absolute Gasteiger partial charge is 0.455 e. The summed E-state index contributed by atoms with van der Waals surface area (Å²) in [5.41, 5.74) is 13.8. The Morgan fingerprint density at radius 1 is 0.362 bits per heavy atom. The number of hydrogen-bond acceptors (Lipinski definition) is 2. The summed E-state index contributed by atoms with van der Waals surface area (Å²) in [7, 11) is 0. The average molecular weight is 602 g/mol. The van der Waals surface area contributed by atoms with Crippen LogP contribution < -0.4 is 0 Å². The maximum absolute atomic E-state index is 6.64. The highest BCUT2D eigenvalue weighted by atomic mass is 16.3. The molecule has 47 heavy (non-hydrogen) atoms. The van der Waals surface area contributed by atoms with E-state index in [1.54, 1.807) is 0 Å². The number of para-hydroxylation sites is 3. The molecule has 0 aliphatic carbocycles. The van der Waals surface area contributed by atoms with Gasteiger partial charge in [-0.3, -0.25) is 0 Å². The van der Waals surface area contributed by atoms with Crippen LogP contribution in [0.25, 0.3) is 94.0 Å². The van der Waals surface area contributed by atoms with Crippen LogP contribution in [0.2, 0.25) is 0 Å². The summed E-state index contributed by atoms with van der Waals surface area (Å²) in [6, 6.07) is 57.6. The van der Waals surface area contributed by atoms with Gasteiger partial charge in [-0.25, -0.2) is 0 Å². The molecule has 0 unspecified atom stereocenters. The van der Waals surface area contributed by atoms with Crippen molar-refractivity contribution in [2.45, 2.75) is 0 Å². The normalized spacial score (nSPS) is 11.8. The Morgan fingerprint density at radius 3 is 1.91 bits per heavy atom. The molecule has 0 saturated heterocycles. The third-order valence-electron chi connectivity index (χ3n) is 9.40. The monoisotopic (exact) mass is 601 g/mol. The van der Waals surface area contributed by atoms with Gasteiger partial charge >= 0.3 is 0 Å². The van der Waals surface area contributed by atoms with E-state index in [1.807, 2.05) is 6.07 Å². The first-order valence-corrected chi connectivity index (χ1v) is 15.9. The predicted molar refractivity (Wildman–Crippen MR) is 194 cm³/mol. The molecule has 7 aromatic carbocycles. The Hall–Kier alpha value is -6.32. The second kappa shape index (κ2) is 10.1. The van der Waals surface area contributed by atoms with Crippen molar-refractivity contribution < 1.29 is 8.83 Å². The van der Waals surface area contributed by atoms with Gasteiger partial charge in [0, 0.05) is 32.8 Å². The number of furan rings is 2. The van der Waals surface area contributed by atoms with E-state index >= 15 is 0 Å². The summed E-state index contributed by atoms with van der Waals surface area (Å²) < 4.78 is 15.5. The van der Waals surface area contributed by atoms with Gasteiger partial charge in [-0.2, -0.15) is 0 Å². The summed E-state index contributed by atoms with van der Waals surface area (Å²) in [6.45, 7) is 0. The Morgan fingerprint density at radius 2 is 1.02 bits per heavy atom. The van der Waals surface area contributed by atoms with Crippen LogP contribution in [0.5, 0.6) is 0 Å². The fourth-order valence-electron chi connectivity index (χ4n) is 7.20. The molecule has 3 aromatic heterocycles. The Kier molecular flexibility index (Phi) is 5.57. The van der Waals surface area contributed by atoms with Crippen LogP contribution in [0.3, 0.4) is 0 Å². The lowest BCUT2D eigenvalue weighted by Crippen LogP contribution is -1.92. The fraction of sp³-hybridized carbons (Fsp3) is 0. The van der Waals surface area contributed by atoms with E-state index in [0.717, 1.165) is 82.9 Å². The maximum atomic E-state index is 6.64. The van der Waals surface area contributed by atoms with Crippen LogP contribution in [0.1, 0.15) is 0 Å². The summed E-state index contributed by atoms with van der Waals surface area (Å²) >= 11 is 0. The van der Waals surface area contributed by atoms with Crippen LogP contribution in [-0.4, -0.2) is 4.57 Å². The standard InChI is InChI=1S/C44H27NO2/c1-3-11-28(12-4-1)30-22-24-40-38(26-30)35-19-10-18-34(43(35)46-40)32-14-9-13-29(25-32)31-21-23-37-41(27-31)47-44-36-17-7-8-20-39(36)45(42(37)44)33-15-5-2-6-16-33/h1-27H. The van der Waals surface area contributed by atoms with Crippen LogP contribution >= 0.6 is 0 Å². The second-order valence-electron chi connectivity index (χ2n) is 12.1. The molecular weight excluding hydrogens is 574 g/mol. The van der Waals surface area contributed by atoms with Crippen molar-refractivity contribution in [3.05, 3.63) is 164 Å². The number of hydrogen-bond donors (Lipinski definition) is 0. The maximum Gasteiger partial charge on any atom is 0.161 e. The van der Waals surface area contributed by atoms with Crippen molar-refractivity contribution in [1.82, 2.24) is 4.57 Å². The molecule has 0 spiro atoms. The third kappa shape index (κ3) is 4.00. The Labute approximate surface area is 270 Å². The molecule has 0 amide bonds. The molecule has 3 nitrogen and oxygen atoms in total. The van der Waals surface area contributed by atoms with Crippen molar-refractivity contribution in [2.24, 2.45) is 0 Å². The lowest BCUT2D eigenvalue weighted by Gasteiger charge is -2.08. The molecule has 0 saturated carbocycles. The minimum atomic E-state index is 0.877. The smallest absolute Gasteiger partial charge is 0.161 e. The molecule has 0 N–H and O–H groups in total. The lowest BCUT2D eigenvalue weighted by atomic mass is 9.97.